The summed E-state index contributed by atoms with van der Waals surface area (Å²) in [6, 6.07) is 0.613. The van der Waals surface area contributed by atoms with Gasteiger partial charge >= 0.3 is 0 Å². The third-order valence-electron chi connectivity index (χ3n) is 3.17. The molecule has 0 amide bonds. The van der Waals surface area contributed by atoms with Gasteiger partial charge in [-0.15, -0.1) is 0 Å². The Morgan fingerprint density at radius 2 is 1.47 bits per heavy atom. The molecule has 1 heteroatoms. The maximum absolute atomic E-state index is 3.52. The van der Waals surface area contributed by atoms with Gasteiger partial charge in [0.25, 0.3) is 0 Å². The molecule has 0 aromatic heterocycles. The van der Waals surface area contributed by atoms with Gasteiger partial charge < -0.3 is 5.32 Å². The smallest absolute Gasteiger partial charge is 0.00104 e. The van der Waals surface area contributed by atoms with Crippen molar-refractivity contribution < 1.29 is 0 Å². The highest BCUT2D eigenvalue weighted by Crippen LogP contribution is 2.26. The maximum atomic E-state index is 3.52. The lowest BCUT2D eigenvalue weighted by atomic mass is 9.83. The van der Waals surface area contributed by atoms with Crippen LogP contribution in [0.1, 0.15) is 61.3 Å². The van der Waals surface area contributed by atoms with E-state index in [2.05, 4.69) is 53.8 Å². The molecule has 0 radical (unpaired) electrons. The van der Waals surface area contributed by atoms with Crippen molar-refractivity contribution in [1.82, 2.24) is 5.32 Å². The average Bonchev–Trinajstić information content (AvgIpc) is 2.08. The van der Waals surface area contributed by atoms with Crippen LogP contribution in [0.25, 0.3) is 0 Å². The Labute approximate surface area is 97.0 Å². The van der Waals surface area contributed by atoms with Gasteiger partial charge in [0.15, 0.2) is 0 Å². The normalized spacial score (nSPS) is 16.8. The van der Waals surface area contributed by atoms with Gasteiger partial charge in [0.2, 0.25) is 0 Å². The van der Waals surface area contributed by atoms with Gasteiger partial charge in [-0.1, -0.05) is 48.5 Å². The van der Waals surface area contributed by atoms with Crippen molar-refractivity contribution in [2.45, 2.75) is 67.3 Å². The predicted octanol–water partition coefficient (Wildman–Crippen LogP) is 4.08. The van der Waals surface area contributed by atoms with E-state index in [4.69, 9.17) is 0 Å². The second-order valence-corrected chi connectivity index (χ2v) is 6.62. The zero-order valence-electron chi connectivity index (χ0n) is 11.9. The minimum Gasteiger partial charge on any atom is -0.314 e. The van der Waals surface area contributed by atoms with E-state index < -0.39 is 0 Å². The molecule has 15 heavy (non-hydrogen) atoms. The lowest BCUT2D eigenvalue weighted by Crippen LogP contribution is -2.30. The molecule has 0 saturated heterocycles. The van der Waals surface area contributed by atoms with E-state index in [0.717, 1.165) is 18.4 Å². The molecule has 1 nitrogen and oxygen atoms in total. The van der Waals surface area contributed by atoms with E-state index in [1.54, 1.807) is 0 Å². The fraction of sp³-hybridized carbons (Fsp3) is 1.00. The summed E-state index contributed by atoms with van der Waals surface area (Å²) in [6.07, 6.45) is 2.69. The van der Waals surface area contributed by atoms with Crippen LogP contribution < -0.4 is 5.32 Å². The van der Waals surface area contributed by atoms with E-state index in [1.165, 1.54) is 12.8 Å². The summed E-state index contributed by atoms with van der Waals surface area (Å²) in [5.74, 6) is 1.62. The van der Waals surface area contributed by atoms with Crippen LogP contribution in [0.5, 0.6) is 0 Å². The highest BCUT2D eigenvalue weighted by atomic mass is 14.9. The van der Waals surface area contributed by atoms with Crippen molar-refractivity contribution in [3.8, 4) is 0 Å². The van der Waals surface area contributed by atoms with Crippen molar-refractivity contribution in [1.29, 1.82) is 0 Å². The fourth-order valence-electron chi connectivity index (χ4n) is 1.57. The first-order valence-corrected chi connectivity index (χ1v) is 6.46. The van der Waals surface area contributed by atoms with Gasteiger partial charge in [0, 0.05) is 6.04 Å². The molecule has 0 fully saturated rings. The van der Waals surface area contributed by atoms with Gasteiger partial charge in [-0.25, -0.2) is 0 Å². The Balaban J connectivity index is 3.74. The van der Waals surface area contributed by atoms with Gasteiger partial charge in [0.1, 0.15) is 0 Å². The molecule has 0 saturated carbocycles. The van der Waals surface area contributed by atoms with Crippen LogP contribution in [0.15, 0.2) is 0 Å². The molecule has 92 valence electrons. The van der Waals surface area contributed by atoms with Crippen LogP contribution in [-0.4, -0.2) is 12.6 Å². The fourth-order valence-corrected chi connectivity index (χ4v) is 1.57. The first-order valence-electron chi connectivity index (χ1n) is 6.46. The standard InChI is InChI=1S/C14H31N/c1-11(2)15-10-13(4)12(3)8-9-14(5,6)7/h11-13,15H,8-10H2,1-7H3. The van der Waals surface area contributed by atoms with Gasteiger partial charge in [-0.05, 0) is 36.6 Å². The Bertz CT molecular complexity index is 155. The molecule has 0 heterocycles. The first kappa shape index (κ1) is 15.0. The lowest BCUT2D eigenvalue weighted by molar-refractivity contribution is 0.275. The molecule has 0 aromatic carbocycles. The largest absolute Gasteiger partial charge is 0.314 e. The first-order chi connectivity index (χ1) is 6.72. The van der Waals surface area contributed by atoms with Crippen molar-refractivity contribution in [3.63, 3.8) is 0 Å². The predicted molar refractivity (Wildman–Crippen MR) is 70.2 cm³/mol. The topological polar surface area (TPSA) is 12.0 Å². The summed E-state index contributed by atoms with van der Waals surface area (Å²) in [5, 5.41) is 3.52. The van der Waals surface area contributed by atoms with Crippen LogP contribution in [0.3, 0.4) is 0 Å². The van der Waals surface area contributed by atoms with Crippen LogP contribution >= 0.6 is 0 Å². The quantitative estimate of drug-likeness (QED) is 0.701. The maximum Gasteiger partial charge on any atom is 0.00104 e. The van der Waals surface area contributed by atoms with E-state index >= 15 is 0 Å². The van der Waals surface area contributed by atoms with Crippen LogP contribution in [0, 0.1) is 17.3 Å². The van der Waals surface area contributed by atoms with Crippen LogP contribution in [-0.2, 0) is 0 Å². The Kier molecular flexibility index (Phi) is 6.51. The summed E-state index contributed by atoms with van der Waals surface area (Å²) < 4.78 is 0. The molecule has 0 bridgehead atoms. The van der Waals surface area contributed by atoms with Gasteiger partial charge in [-0.2, -0.15) is 0 Å². The van der Waals surface area contributed by atoms with E-state index in [1.807, 2.05) is 0 Å². The van der Waals surface area contributed by atoms with E-state index in [0.29, 0.717) is 11.5 Å². The van der Waals surface area contributed by atoms with E-state index in [-0.39, 0.29) is 0 Å². The summed E-state index contributed by atoms with van der Waals surface area (Å²) in [5.41, 5.74) is 0.486. The Morgan fingerprint density at radius 1 is 0.933 bits per heavy atom. The SMILES string of the molecule is CC(C)NCC(C)C(C)CCC(C)(C)C. The summed E-state index contributed by atoms with van der Waals surface area (Å²) in [7, 11) is 0. The average molecular weight is 213 g/mol. The Morgan fingerprint density at radius 3 is 1.87 bits per heavy atom. The van der Waals surface area contributed by atoms with E-state index in [9.17, 15) is 0 Å². The highest BCUT2D eigenvalue weighted by Gasteiger charge is 2.16. The molecule has 2 unspecified atom stereocenters. The van der Waals surface area contributed by atoms with Crippen molar-refractivity contribution >= 4 is 0 Å². The molecule has 0 aliphatic heterocycles. The summed E-state index contributed by atoms with van der Waals surface area (Å²) in [4.78, 5) is 0. The molecule has 0 aliphatic rings. The summed E-state index contributed by atoms with van der Waals surface area (Å²) in [6.45, 7) is 17.3. The number of hydrogen-bond acceptors (Lipinski definition) is 1. The molecular formula is C14H31N. The van der Waals surface area contributed by atoms with Crippen molar-refractivity contribution in [2.75, 3.05) is 6.54 Å². The van der Waals surface area contributed by atoms with Crippen molar-refractivity contribution in [2.24, 2.45) is 17.3 Å². The molecule has 0 aliphatic carbocycles. The van der Waals surface area contributed by atoms with Crippen molar-refractivity contribution in [3.05, 3.63) is 0 Å². The molecule has 2 atom stereocenters. The number of nitrogens with one attached hydrogen (secondary N) is 1. The molecule has 1 N–H and O–H groups in total. The van der Waals surface area contributed by atoms with Gasteiger partial charge in [0.05, 0.1) is 0 Å². The zero-order valence-corrected chi connectivity index (χ0v) is 11.9. The summed E-state index contributed by atoms with van der Waals surface area (Å²) >= 11 is 0. The van der Waals surface area contributed by atoms with Crippen LogP contribution in [0.4, 0.5) is 0 Å². The Hall–Kier alpha value is -0.0400. The number of hydrogen-bond donors (Lipinski definition) is 1. The molecule has 0 rings (SSSR count). The molecule has 0 aromatic rings. The van der Waals surface area contributed by atoms with Crippen LogP contribution in [0.2, 0.25) is 0 Å². The lowest BCUT2D eigenvalue weighted by Gasteiger charge is -2.25. The second-order valence-electron chi connectivity index (χ2n) is 6.62. The monoisotopic (exact) mass is 213 g/mol. The molecular weight excluding hydrogens is 182 g/mol. The molecule has 0 spiro atoms. The van der Waals surface area contributed by atoms with Gasteiger partial charge in [-0.3, -0.25) is 0 Å². The number of rotatable bonds is 6. The third-order valence-corrected chi connectivity index (χ3v) is 3.17. The minimum absolute atomic E-state index is 0.486. The second kappa shape index (κ2) is 6.52. The highest BCUT2D eigenvalue weighted by molar-refractivity contribution is 4.70. The minimum atomic E-state index is 0.486. The zero-order chi connectivity index (χ0) is 12.1. The third kappa shape index (κ3) is 8.92.